The Morgan fingerprint density at radius 2 is 1.92 bits per heavy atom. The highest BCUT2D eigenvalue weighted by Crippen LogP contribution is 2.48. The van der Waals surface area contributed by atoms with Crippen molar-refractivity contribution in [3.05, 3.63) is 30.0 Å². The first-order chi connectivity index (χ1) is 17.6. The molecule has 1 saturated heterocycles. The molecule has 3 aromatic rings. The maximum absolute atomic E-state index is 14.4. The predicted molar refractivity (Wildman–Crippen MR) is 134 cm³/mol. The summed E-state index contributed by atoms with van der Waals surface area (Å²) in [5, 5.41) is 10.7. The average molecular weight is 517 g/mol. The number of fused-ring (bicyclic) bond motifs is 1. The second-order valence-corrected chi connectivity index (χ2v) is 10.1. The molecule has 2 unspecified atom stereocenters. The summed E-state index contributed by atoms with van der Waals surface area (Å²) >= 11 is 0. The van der Waals surface area contributed by atoms with E-state index in [1.54, 1.807) is 13.1 Å². The zero-order valence-corrected chi connectivity index (χ0v) is 20.6. The number of H-pyrrole nitrogens is 1. The molecule has 0 spiro atoms. The number of anilines is 2. The summed E-state index contributed by atoms with van der Waals surface area (Å²) in [4.78, 5) is 22.9. The standard InChI is InChI=1S/C25H31F3N8O/c1-31-23-32-17(14-5-7-16-18(11-14)34-35-21(16)29)12-19(33-23)24(9-3-2-4-10-24)36-13-15(22(30)37)6-8-20(36)25(26,27)28/h5,7,11-12,15,20H,2-4,6,8-10,13H2,1H3,(H2,30,37)(H3,29,34,35)(H,31,32,33). The predicted octanol–water partition coefficient (Wildman–Crippen LogP) is 3.93. The summed E-state index contributed by atoms with van der Waals surface area (Å²) in [6.07, 6.45) is -1.04. The maximum atomic E-state index is 14.4. The van der Waals surface area contributed by atoms with Crippen molar-refractivity contribution in [2.24, 2.45) is 11.7 Å². The van der Waals surface area contributed by atoms with Crippen molar-refractivity contribution in [1.82, 2.24) is 25.1 Å². The molecule has 1 aliphatic heterocycles. The minimum atomic E-state index is -4.44. The Balaban J connectivity index is 1.66. The van der Waals surface area contributed by atoms with Crippen LogP contribution in [-0.2, 0) is 10.3 Å². The van der Waals surface area contributed by atoms with Gasteiger partial charge in [0.2, 0.25) is 11.9 Å². The van der Waals surface area contributed by atoms with Crippen LogP contribution in [0.3, 0.4) is 0 Å². The molecular formula is C25H31F3N8O. The number of aromatic amines is 1. The van der Waals surface area contributed by atoms with E-state index in [1.165, 1.54) is 4.90 Å². The molecule has 3 heterocycles. The lowest BCUT2D eigenvalue weighted by atomic mass is 9.74. The van der Waals surface area contributed by atoms with Crippen LogP contribution in [0.5, 0.6) is 0 Å². The summed E-state index contributed by atoms with van der Waals surface area (Å²) < 4.78 is 43.1. The third kappa shape index (κ3) is 4.58. The van der Waals surface area contributed by atoms with E-state index in [1.807, 2.05) is 18.2 Å². The number of nitrogen functional groups attached to an aromatic ring is 1. The Hall–Kier alpha value is -3.41. The van der Waals surface area contributed by atoms with E-state index in [9.17, 15) is 18.0 Å². The van der Waals surface area contributed by atoms with Gasteiger partial charge in [-0.2, -0.15) is 18.3 Å². The monoisotopic (exact) mass is 516 g/mol. The zero-order chi connectivity index (χ0) is 26.4. The van der Waals surface area contributed by atoms with Gasteiger partial charge in [0, 0.05) is 24.5 Å². The normalized spacial score (nSPS) is 22.7. The number of aromatic nitrogens is 4. The lowest BCUT2D eigenvalue weighted by Crippen LogP contribution is -2.62. The van der Waals surface area contributed by atoms with Crippen LogP contribution in [0.1, 0.15) is 50.6 Å². The molecule has 2 atom stereocenters. The molecule has 1 amide bonds. The van der Waals surface area contributed by atoms with Crippen LogP contribution in [0.15, 0.2) is 24.3 Å². The Bertz CT molecular complexity index is 1300. The van der Waals surface area contributed by atoms with Gasteiger partial charge in [0.15, 0.2) is 5.82 Å². The lowest BCUT2D eigenvalue weighted by molar-refractivity contribution is -0.217. The van der Waals surface area contributed by atoms with Crippen molar-refractivity contribution in [3.63, 3.8) is 0 Å². The number of nitrogens with one attached hydrogen (secondary N) is 2. The molecule has 5 rings (SSSR count). The number of halogens is 3. The Morgan fingerprint density at radius 1 is 1.16 bits per heavy atom. The number of nitrogens with two attached hydrogens (primary N) is 2. The lowest BCUT2D eigenvalue weighted by Gasteiger charge is -2.52. The minimum Gasteiger partial charge on any atom is -0.382 e. The molecule has 1 aliphatic carbocycles. The fourth-order valence-electron chi connectivity index (χ4n) is 5.99. The van der Waals surface area contributed by atoms with E-state index in [2.05, 4.69) is 20.5 Å². The molecule has 1 saturated carbocycles. The van der Waals surface area contributed by atoms with Crippen molar-refractivity contribution >= 4 is 28.6 Å². The van der Waals surface area contributed by atoms with Gasteiger partial charge in [-0.1, -0.05) is 25.3 Å². The van der Waals surface area contributed by atoms with Gasteiger partial charge >= 0.3 is 6.18 Å². The van der Waals surface area contributed by atoms with E-state index in [0.29, 0.717) is 36.0 Å². The maximum Gasteiger partial charge on any atom is 0.404 e. The summed E-state index contributed by atoms with van der Waals surface area (Å²) in [5.74, 6) is -0.512. The second-order valence-electron chi connectivity index (χ2n) is 10.1. The number of alkyl halides is 3. The highest BCUT2D eigenvalue weighted by molar-refractivity contribution is 5.91. The van der Waals surface area contributed by atoms with Gasteiger partial charge in [-0.25, -0.2) is 9.97 Å². The number of likely N-dealkylation sites (tertiary alicyclic amines) is 1. The van der Waals surface area contributed by atoms with Gasteiger partial charge < -0.3 is 16.8 Å². The van der Waals surface area contributed by atoms with Gasteiger partial charge in [0.1, 0.15) is 6.04 Å². The number of rotatable bonds is 5. The van der Waals surface area contributed by atoms with E-state index in [4.69, 9.17) is 16.5 Å². The van der Waals surface area contributed by atoms with Crippen LogP contribution in [-0.4, -0.2) is 56.8 Å². The number of amides is 1. The van der Waals surface area contributed by atoms with Gasteiger partial charge in [-0.3, -0.25) is 14.8 Å². The Morgan fingerprint density at radius 3 is 2.59 bits per heavy atom. The first-order valence-corrected chi connectivity index (χ1v) is 12.6. The Kier molecular flexibility index (Phi) is 6.47. The third-order valence-electron chi connectivity index (χ3n) is 7.91. The molecule has 0 radical (unpaired) electrons. The topological polar surface area (TPSA) is 139 Å². The van der Waals surface area contributed by atoms with E-state index < -0.39 is 29.6 Å². The number of piperidine rings is 1. The summed E-state index contributed by atoms with van der Waals surface area (Å²) in [6.45, 7) is -0.0485. The van der Waals surface area contributed by atoms with Crippen molar-refractivity contribution < 1.29 is 18.0 Å². The fraction of sp³-hybridized carbons (Fsp3) is 0.520. The van der Waals surface area contributed by atoms with Crippen LogP contribution >= 0.6 is 0 Å². The van der Waals surface area contributed by atoms with Crippen LogP contribution in [0.2, 0.25) is 0 Å². The van der Waals surface area contributed by atoms with Crippen molar-refractivity contribution in [2.45, 2.75) is 62.7 Å². The van der Waals surface area contributed by atoms with Crippen LogP contribution < -0.4 is 16.8 Å². The summed E-state index contributed by atoms with van der Waals surface area (Å²) in [7, 11) is 1.68. The number of carbonyl (C=O) groups excluding carboxylic acids is 1. The Labute approximate surface area is 212 Å². The largest absolute Gasteiger partial charge is 0.404 e. The molecule has 0 bridgehead atoms. The average Bonchev–Trinajstić information content (AvgIpc) is 3.27. The zero-order valence-electron chi connectivity index (χ0n) is 20.6. The number of nitrogens with zero attached hydrogens (tertiary/aromatic N) is 4. The second kappa shape index (κ2) is 9.47. The van der Waals surface area contributed by atoms with Crippen LogP contribution in [0, 0.1) is 5.92 Å². The van der Waals surface area contributed by atoms with E-state index >= 15 is 0 Å². The van der Waals surface area contributed by atoms with Crippen molar-refractivity contribution in [1.29, 1.82) is 0 Å². The number of hydrogen-bond donors (Lipinski definition) is 4. The molecule has 37 heavy (non-hydrogen) atoms. The first-order valence-electron chi connectivity index (χ1n) is 12.6. The highest BCUT2D eigenvalue weighted by atomic mass is 19.4. The van der Waals surface area contributed by atoms with Gasteiger partial charge in [0.25, 0.3) is 0 Å². The molecule has 2 aromatic heterocycles. The highest BCUT2D eigenvalue weighted by Gasteiger charge is 2.55. The summed E-state index contributed by atoms with van der Waals surface area (Å²) in [5.41, 5.74) is 13.1. The molecule has 198 valence electrons. The van der Waals surface area contributed by atoms with Gasteiger partial charge in [-0.15, -0.1) is 0 Å². The van der Waals surface area contributed by atoms with E-state index in [0.717, 1.165) is 35.7 Å². The van der Waals surface area contributed by atoms with Crippen LogP contribution in [0.4, 0.5) is 24.9 Å². The minimum absolute atomic E-state index is 0.0485. The first kappa shape index (κ1) is 25.2. The van der Waals surface area contributed by atoms with E-state index in [-0.39, 0.29) is 19.4 Å². The molecule has 12 heteroatoms. The number of carbonyl (C=O) groups is 1. The van der Waals surface area contributed by atoms with Crippen molar-refractivity contribution in [2.75, 3.05) is 24.6 Å². The fourth-order valence-corrected chi connectivity index (χ4v) is 5.99. The molecule has 2 fully saturated rings. The third-order valence-corrected chi connectivity index (χ3v) is 7.91. The molecule has 1 aromatic carbocycles. The SMILES string of the molecule is CNc1nc(-c2ccc3c(N)n[nH]c3c2)cc(C2(N3CC(C(N)=O)CCC3C(F)(F)F)CCCCC2)n1. The number of benzene rings is 1. The van der Waals surface area contributed by atoms with Crippen LogP contribution in [0.25, 0.3) is 22.2 Å². The quantitative estimate of drug-likeness (QED) is 0.403. The number of primary amides is 1. The van der Waals surface area contributed by atoms with Gasteiger partial charge in [0.05, 0.1) is 28.4 Å². The molecule has 6 N–H and O–H groups in total. The molecular weight excluding hydrogens is 485 g/mol. The molecule has 2 aliphatic rings. The van der Waals surface area contributed by atoms with Crippen molar-refractivity contribution in [3.8, 4) is 11.3 Å². The molecule has 9 nitrogen and oxygen atoms in total. The smallest absolute Gasteiger partial charge is 0.382 e. The summed E-state index contributed by atoms with van der Waals surface area (Å²) in [6, 6.07) is 5.66. The van der Waals surface area contributed by atoms with Gasteiger partial charge in [-0.05, 0) is 43.9 Å². The number of hydrogen-bond acceptors (Lipinski definition) is 7.